The highest BCUT2D eigenvalue weighted by molar-refractivity contribution is 4.98. The van der Waals surface area contributed by atoms with Gasteiger partial charge in [0.2, 0.25) is 0 Å². The summed E-state index contributed by atoms with van der Waals surface area (Å²) in [7, 11) is 0. The fourth-order valence-corrected chi connectivity index (χ4v) is 3.20. The lowest BCUT2D eigenvalue weighted by atomic mass is 9.91. The molecule has 0 radical (unpaired) electrons. The standard InChI is InChI=1S/C15H30N2/c1-12(2)15(7-8-15)11-17-9-5-13(3)16-14(4)6-10-17/h12-14,16H,5-11H2,1-4H3. The zero-order chi connectivity index (χ0) is 12.5. The van der Waals surface area contributed by atoms with E-state index in [1.807, 2.05) is 0 Å². The molecule has 2 aliphatic rings. The fraction of sp³-hybridized carbons (Fsp3) is 1.00. The van der Waals surface area contributed by atoms with Gasteiger partial charge in [-0.2, -0.15) is 0 Å². The Labute approximate surface area is 107 Å². The van der Waals surface area contributed by atoms with Crippen molar-refractivity contribution in [3.05, 3.63) is 0 Å². The van der Waals surface area contributed by atoms with Crippen LogP contribution in [-0.4, -0.2) is 36.6 Å². The molecule has 1 N–H and O–H groups in total. The third-order valence-corrected chi connectivity index (χ3v) is 4.98. The van der Waals surface area contributed by atoms with Gasteiger partial charge in [-0.3, -0.25) is 0 Å². The highest BCUT2D eigenvalue weighted by atomic mass is 15.1. The molecule has 2 fully saturated rings. The van der Waals surface area contributed by atoms with Crippen LogP contribution in [0.5, 0.6) is 0 Å². The smallest absolute Gasteiger partial charge is 0.00533 e. The van der Waals surface area contributed by atoms with Crippen LogP contribution in [0.15, 0.2) is 0 Å². The molecule has 0 aromatic heterocycles. The van der Waals surface area contributed by atoms with Crippen LogP contribution in [0.25, 0.3) is 0 Å². The van der Waals surface area contributed by atoms with Crippen molar-refractivity contribution < 1.29 is 0 Å². The van der Waals surface area contributed by atoms with Gasteiger partial charge < -0.3 is 10.2 Å². The molecule has 1 saturated heterocycles. The van der Waals surface area contributed by atoms with E-state index in [0.717, 1.165) is 5.92 Å². The second-order valence-electron chi connectivity index (χ2n) is 6.84. The largest absolute Gasteiger partial charge is 0.312 e. The van der Waals surface area contributed by atoms with E-state index >= 15 is 0 Å². The molecule has 0 aromatic rings. The normalized spacial score (nSPS) is 34.4. The lowest BCUT2D eigenvalue weighted by Crippen LogP contribution is -2.44. The molecule has 2 nitrogen and oxygen atoms in total. The molecule has 2 heteroatoms. The molecular formula is C15H30N2. The first-order chi connectivity index (χ1) is 8.02. The summed E-state index contributed by atoms with van der Waals surface area (Å²) in [5.41, 5.74) is 0.680. The van der Waals surface area contributed by atoms with Gasteiger partial charge in [-0.1, -0.05) is 13.8 Å². The van der Waals surface area contributed by atoms with E-state index in [2.05, 4.69) is 37.9 Å². The third-order valence-electron chi connectivity index (χ3n) is 4.98. The van der Waals surface area contributed by atoms with Crippen LogP contribution >= 0.6 is 0 Å². The first kappa shape index (κ1) is 13.4. The summed E-state index contributed by atoms with van der Waals surface area (Å²) in [6, 6.07) is 1.36. The molecule has 0 spiro atoms. The summed E-state index contributed by atoms with van der Waals surface area (Å²) in [5.74, 6) is 0.862. The lowest BCUT2D eigenvalue weighted by molar-refractivity contribution is 0.159. The third kappa shape index (κ3) is 3.45. The van der Waals surface area contributed by atoms with Gasteiger partial charge in [0.05, 0.1) is 0 Å². The number of hydrogen-bond acceptors (Lipinski definition) is 2. The topological polar surface area (TPSA) is 15.3 Å². The second-order valence-corrected chi connectivity index (χ2v) is 6.84. The van der Waals surface area contributed by atoms with E-state index in [0.29, 0.717) is 17.5 Å². The van der Waals surface area contributed by atoms with Crippen molar-refractivity contribution in [2.75, 3.05) is 19.6 Å². The minimum absolute atomic E-state index is 0.680. The van der Waals surface area contributed by atoms with Gasteiger partial charge >= 0.3 is 0 Å². The van der Waals surface area contributed by atoms with E-state index in [9.17, 15) is 0 Å². The molecule has 1 aliphatic carbocycles. The highest BCUT2D eigenvalue weighted by Gasteiger charge is 2.46. The van der Waals surface area contributed by atoms with Crippen LogP contribution in [0.4, 0.5) is 0 Å². The molecule has 1 heterocycles. The van der Waals surface area contributed by atoms with Gasteiger partial charge in [0.1, 0.15) is 0 Å². The maximum absolute atomic E-state index is 3.68. The predicted molar refractivity (Wildman–Crippen MR) is 74.2 cm³/mol. The van der Waals surface area contributed by atoms with Crippen LogP contribution in [0.3, 0.4) is 0 Å². The van der Waals surface area contributed by atoms with Crippen LogP contribution in [0, 0.1) is 11.3 Å². The number of nitrogens with zero attached hydrogens (tertiary/aromatic N) is 1. The molecule has 0 amide bonds. The molecule has 1 aliphatic heterocycles. The summed E-state index contributed by atoms with van der Waals surface area (Å²) in [6.07, 6.45) is 5.53. The maximum atomic E-state index is 3.68. The van der Waals surface area contributed by atoms with Crippen LogP contribution < -0.4 is 5.32 Å². The van der Waals surface area contributed by atoms with Gasteiger partial charge in [-0.25, -0.2) is 0 Å². The molecular weight excluding hydrogens is 208 g/mol. The average Bonchev–Trinajstić information content (AvgIpc) is 3.01. The zero-order valence-corrected chi connectivity index (χ0v) is 12.1. The minimum Gasteiger partial charge on any atom is -0.312 e. The summed E-state index contributed by atoms with van der Waals surface area (Å²) >= 11 is 0. The number of rotatable bonds is 3. The highest BCUT2D eigenvalue weighted by Crippen LogP contribution is 2.52. The Balaban J connectivity index is 1.87. The van der Waals surface area contributed by atoms with Gasteiger partial charge in [0.25, 0.3) is 0 Å². The Bertz CT molecular complexity index is 233. The van der Waals surface area contributed by atoms with Crippen molar-refractivity contribution in [3.63, 3.8) is 0 Å². The van der Waals surface area contributed by atoms with Crippen molar-refractivity contribution >= 4 is 0 Å². The molecule has 2 rings (SSSR count). The van der Waals surface area contributed by atoms with Crippen molar-refractivity contribution in [2.45, 2.75) is 65.5 Å². The quantitative estimate of drug-likeness (QED) is 0.813. The summed E-state index contributed by atoms with van der Waals surface area (Å²) in [6.45, 7) is 13.4. The van der Waals surface area contributed by atoms with Crippen molar-refractivity contribution in [1.29, 1.82) is 0 Å². The molecule has 2 atom stereocenters. The van der Waals surface area contributed by atoms with Crippen molar-refractivity contribution in [3.8, 4) is 0 Å². The maximum Gasteiger partial charge on any atom is 0.00533 e. The minimum atomic E-state index is 0.680. The van der Waals surface area contributed by atoms with Gasteiger partial charge in [-0.05, 0) is 64.0 Å². The van der Waals surface area contributed by atoms with Crippen molar-refractivity contribution in [1.82, 2.24) is 10.2 Å². The first-order valence-electron chi connectivity index (χ1n) is 7.50. The molecule has 100 valence electrons. The molecule has 2 unspecified atom stereocenters. The monoisotopic (exact) mass is 238 g/mol. The number of hydrogen-bond donors (Lipinski definition) is 1. The summed E-state index contributed by atoms with van der Waals surface area (Å²) in [4.78, 5) is 2.74. The van der Waals surface area contributed by atoms with E-state index < -0.39 is 0 Å². The molecule has 1 saturated carbocycles. The predicted octanol–water partition coefficient (Wildman–Crippen LogP) is 2.89. The Morgan fingerprint density at radius 3 is 2.06 bits per heavy atom. The Morgan fingerprint density at radius 2 is 1.65 bits per heavy atom. The zero-order valence-electron chi connectivity index (χ0n) is 12.1. The van der Waals surface area contributed by atoms with Gasteiger partial charge in [-0.15, -0.1) is 0 Å². The van der Waals surface area contributed by atoms with Crippen molar-refractivity contribution in [2.24, 2.45) is 11.3 Å². The lowest BCUT2D eigenvalue weighted by Gasteiger charge is -2.34. The second kappa shape index (κ2) is 5.27. The van der Waals surface area contributed by atoms with Gasteiger partial charge in [0.15, 0.2) is 0 Å². The van der Waals surface area contributed by atoms with Crippen LogP contribution in [-0.2, 0) is 0 Å². The van der Waals surface area contributed by atoms with Gasteiger partial charge in [0, 0.05) is 18.6 Å². The molecule has 0 aromatic carbocycles. The van der Waals surface area contributed by atoms with E-state index in [1.54, 1.807) is 0 Å². The first-order valence-corrected chi connectivity index (χ1v) is 7.50. The summed E-state index contributed by atoms with van der Waals surface area (Å²) < 4.78 is 0. The summed E-state index contributed by atoms with van der Waals surface area (Å²) in [5, 5.41) is 3.68. The van der Waals surface area contributed by atoms with Crippen LogP contribution in [0.1, 0.15) is 53.4 Å². The Hall–Kier alpha value is -0.0800. The van der Waals surface area contributed by atoms with E-state index in [-0.39, 0.29) is 0 Å². The van der Waals surface area contributed by atoms with Crippen LogP contribution in [0.2, 0.25) is 0 Å². The van der Waals surface area contributed by atoms with E-state index in [4.69, 9.17) is 0 Å². The average molecular weight is 238 g/mol. The fourth-order valence-electron chi connectivity index (χ4n) is 3.20. The number of nitrogens with one attached hydrogen (secondary N) is 1. The Kier molecular flexibility index (Phi) is 4.14. The van der Waals surface area contributed by atoms with E-state index in [1.165, 1.54) is 45.3 Å². The molecule has 17 heavy (non-hydrogen) atoms. The molecule has 0 bridgehead atoms. The Morgan fingerprint density at radius 1 is 1.12 bits per heavy atom. The SMILES string of the molecule is CC1CCN(CC2(C(C)C)CC2)CCC(C)N1.